The van der Waals surface area contributed by atoms with Crippen LogP contribution >= 0.6 is 0 Å². The summed E-state index contributed by atoms with van der Waals surface area (Å²) in [5.74, 6) is 0.655. The zero-order chi connectivity index (χ0) is 17.7. The highest BCUT2D eigenvalue weighted by molar-refractivity contribution is 5.89. The van der Waals surface area contributed by atoms with Gasteiger partial charge in [0.15, 0.2) is 5.82 Å². The van der Waals surface area contributed by atoms with Gasteiger partial charge in [-0.05, 0) is 31.7 Å². The molecule has 1 aromatic carbocycles. The molecule has 0 unspecified atom stereocenters. The van der Waals surface area contributed by atoms with E-state index in [1.165, 1.54) is 6.07 Å². The monoisotopic (exact) mass is 343 g/mol. The van der Waals surface area contributed by atoms with E-state index in [1.807, 2.05) is 12.1 Å². The summed E-state index contributed by atoms with van der Waals surface area (Å²) in [7, 11) is 3.47. The Kier molecular flexibility index (Phi) is 3.67. The minimum absolute atomic E-state index is 0.00550. The molecule has 0 spiro atoms. The van der Waals surface area contributed by atoms with Crippen molar-refractivity contribution in [2.24, 2.45) is 0 Å². The maximum Gasteiger partial charge on any atom is 0.242 e. The molecule has 0 aliphatic heterocycles. The van der Waals surface area contributed by atoms with E-state index in [0.717, 1.165) is 38.5 Å². The third-order valence-corrected chi connectivity index (χ3v) is 5.68. The molecular formula is C19H22FN3O2. The summed E-state index contributed by atoms with van der Waals surface area (Å²) in [4.78, 5) is 18.7. The highest BCUT2D eigenvalue weighted by Crippen LogP contribution is 2.51. The van der Waals surface area contributed by atoms with Gasteiger partial charge in [0, 0.05) is 19.7 Å². The van der Waals surface area contributed by atoms with Crippen molar-refractivity contribution in [3.8, 4) is 0 Å². The Morgan fingerprint density at radius 1 is 1.16 bits per heavy atom. The summed E-state index contributed by atoms with van der Waals surface area (Å²) < 4.78 is 20.0. The number of hydrogen-bond donors (Lipinski definition) is 0. The van der Waals surface area contributed by atoms with Crippen LogP contribution in [0.15, 0.2) is 28.8 Å². The van der Waals surface area contributed by atoms with Crippen molar-refractivity contribution in [2.45, 2.75) is 49.4 Å². The second-order valence-electron chi connectivity index (χ2n) is 7.47. The second-order valence-corrected chi connectivity index (χ2v) is 7.47. The lowest BCUT2D eigenvalue weighted by Gasteiger charge is -2.26. The minimum Gasteiger partial charge on any atom is -0.348 e. The van der Waals surface area contributed by atoms with Crippen LogP contribution in [0.25, 0.3) is 0 Å². The fraction of sp³-hybridized carbons (Fsp3) is 0.526. The molecule has 2 aliphatic rings. The Bertz CT molecular complexity index is 805. The highest BCUT2D eigenvalue weighted by atomic mass is 19.1. The smallest absolute Gasteiger partial charge is 0.242 e. The average molecular weight is 343 g/mol. The number of amides is 1. The molecule has 25 heavy (non-hydrogen) atoms. The third-order valence-electron chi connectivity index (χ3n) is 5.68. The van der Waals surface area contributed by atoms with Crippen molar-refractivity contribution in [1.82, 2.24) is 15.0 Å². The molecule has 6 heteroatoms. The van der Waals surface area contributed by atoms with Crippen LogP contribution < -0.4 is 0 Å². The SMILES string of the molecule is CN(C)C(=O)C1(c2nc(C3(c4ccccc4F)CCCC3)no2)CC1. The first-order chi connectivity index (χ1) is 12.0. The Labute approximate surface area is 146 Å². The van der Waals surface area contributed by atoms with E-state index in [1.54, 1.807) is 25.1 Å². The van der Waals surface area contributed by atoms with E-state index in [4.69, 9.17) is 4.52 Å². The standard InChI is InChI=1S/C19H22FN3O2/c1-23(2)17(24)19(11-12-19)16-21-15(22-25-16)18(9-5-6-10-18)13-7-3-4-8-14(13)20/h3-4,7-8H,5-6,9-12H2,1-2H3. The third kappa shape index (κ3) is 2.38. The molecule has 0 saturated heterocycles. The van der Waals surface area contributed by atoms with E-state index in [2.05, 4.69) is 10.1 Å². The largest absolute Gasteiger partial charge is 0.348 e. The lowest BCUT2D eigenvalue weighted by Crippen LogP contribution is -2.34. The van der Waals surface area contributed by atoms with Gasteiger partial charge in [-0.2, -0.15) is 4.98 Å². The maximum absolute atomic E-state index is 14.5. The molecule has 132 valence electrons. The predicted molar refractivity (Wildman–Crippen MR) is 89.6 cm³/mol. The molecule has 1 heterocycles. The van der Waals surface area contributed by atoms with Crippen molar-refractivity contribution in [3.05, 3.63) is 47.4 Å². The van der Waals surface area contributed by atoms with Gasteiger partial charge in [-0.3, -0.25) is 4.79 Å². The van der Waals surface area contributed by atoms with Crippen LogP contribution in [0.4, 0.5) is 4.39 Å². The minimum atomic E-state index is -0.677. The first kappa shape index (κ1) is 16.2. The van der Waals surface area contributed by atoms with E-state index in [9.17, 15) is 9.18 Å². The molecule has 1 aromatic heterocycles. The predicted octanol–water partition coefficient (Wildman–Crippen LogP) is 3.19. The number of halogens is 1. The van der Waals surface area contributed by atoms with Crippen molar-refractivity contribution in [3.63, 3.8) is 0 Å². The maximum atomic E-state index is 14.5. The summed E-state index contributed by atoms with van der Waals surface area (Å²) in [6, 6.07) is 6.83. The molecule has 0 atom stereocenters. The number of carbonyl (C=O) groups excluding carboxylic acids is 1. The lowest BCUT2D eigenvalue weighted by atomic mass is 9.78. The number of benzene rings is 1. The summed E-state index contributed by atoms with van der Waals surface area (Å²) in [6.07, 6.45) is 5.03. The fourth-order valence-electron chi connectivity index (χ4n) is 4.13. The van der Waals surface area contributed by atoms with E-state index >= 15 is 0 Å². The van der Waals surface area contributed by atoms with Crippen molar-refractivity contribution in [2.75, 3.05) is 14.1 Å². The zero-order valence-corrected chi connectivity index (χ0v) is 14.6. The molecule has 2 aliphatic carbocycles. The van der Waals surface area contributed by atoms with Crippen molar-refractivity contribution >= 4 is 5.91 Å². The zero-order valence-electron chi connectivity index (χ0n) is 14.6. The van der Waals surface area contributed by atoms with Gasteiger partial charge < -0.3 is 9.42 Å². The Morgan fingerprint density at radius 2 is 1.84 bits per heavy atom. The van der Waals surface area contributed by atoms with Gasteiger partial charge in [0.05, 0.1) is 5.41 Å². The quantitative estimate of drug-likeness (QED) is 0.855. The highest BCUT2D eigenvalue weighted by Gasteiger charge is 2.57. The topological polar surface area (TPSA) is 59.2 Å². The van der Waals surface area contributed by atoms with Gasteiger partial charge in [-0.1, -0.05) is 36.2 Å². The normalized spacial score (nSPS) is 20.4. The fourth-order valence-corrected chi connectivity index (χ4v) is 4.13. The van der Waals surface area contributed by atoms with Gasteiger partial charge in [0.25, 0.3) is 0 Å². The molecule has 2 saturated carbocycles. The van der Waals surface area contributed by atoms with E-state index < -0.39 is 10.8 Å². The van der Waals surface area contributed by atoms with Crippen LogP contribution in [0, 0.1) is 5.82 Å². The summed E-state index contributed by atoms with van der Waals surface area (Å²) in [5, 5.41) is 4.21. The van der Waals surface area contributed by atoms with Crippen LogP contribution in [0.1, 0.15) is 55.8 Å². The number of aromatic nitrogens is 2. The number of carbonyl (C=O) groups is 1. The molecular weight excluding hydrogens is 321 g/mol. The van der Waals surface area contributed by atoms with Crippen molar-refractivity contribution < 1.29 is 13.7 Å². The van der Waals surface area contributed by atoms with Gasteiger partial charge >= 0.3 is 0 Å². The summed E-state index contributed by atoms with van der Waals surface area (Å²) >= 11 is 0. The Hall–Kier alpha value is -2.24. The van der Waals surface area contributed by atoms with Crippen LogP contribution in [-0.2, 0) is 15.6 Å². The van der Waals surface area contributed by atoms with Crippen LogP contribution in [-0.4, -0.2) is 35.0 Å². The number of nitrogens with zero attached hydrogens (tertiary/aromatic N) is 3. The number of likely N-dealkylation sites (N-methyl/N-ethyl adjacent to an activating group) is 1. The summed E-state index contributed by atoms with van der Waals surface area (Å²) in [5.41, 5.74) is -0.600. The van der Waals surface area contributed by atoms with E-state index in [0.29, 0.717) is 17.3 Å². The molecule has 2 aromatic rings. The Morgan fingerprint density at radius 3 is 2.44 bits per heavy atom. The molecule has 2 fully saturated rings. The Balaban J connectivity index is 1.76. The van der Waals surface area contributed by atoms with Crippen molar-refractivity contribution in [1.29, 1.82) is 0 Å². The van der Waals surface area contributed by atoms with Crippen LogP contribution in [0.3, 0.4) is 0 Å². The molecule has 0 radical (unpaired) electrons. The van der Waals surface area contributed by atoms with Gasteiger partial charge in [0.2, 0.25) is 11.8 Å². The van der Waals surface area contributed by atoms with Crippen LogP contribution in [0.5, 0.6) is 0 Å². The second kappa shape index (κ2) is 5.64. The van der Waals surface area contributed by atoms with Gasteiger partial charge in [-0.15, -0.1) is 0 Å². The van der Waals surface area contributed by atoms with Gasteiger partial charge in [0.1, 0.15) is 11.2 Å². The van der Waals surface area contributed by atoms with Crippen LogP contribution in [0.2, 0.25) is 0 Å². The average Bonchev–Trinajstić information content (AvgIpc) is 3.03. The molecule has 0 N–H and O–H groups in total. The lowest BCUT2D eigenvalue weighted by molar-refractivity contribution is -0.132. The van der Waals surface area contributed by atoms with E-state index in [-0.39, 0.29) is 11.7 Å². The van der Waals surface area contributed by atoms with Gasteiger partial charge in [-0.25, -0.2) is 4.39 Å². The number of rotatable bonds is 4. The first-order valence-electron chi connectivity index (χ1n) is 8.81. The molecule has 1 amide bonds. The summed E-state index contributed by atoms with van der Waals surface area (Å²) in [6.45, 7) is 0. The first-order valence-corrected chi connectivity index (χ1v) is 8.81. The molecule has 5 nitrogen and oxygen atoms in total. The number of hydrogen-bond acceptors (Lipinski definition) is 4. The molecule has 0 bridgehead atoms. The molecule has 4 rings (SSSR count).